The van der Waals surface area contributed by atoms with Gasteiger partial charge in [-0.15, -0.1) is 11.8 Å². The summed E-state index contributed by atoms with van der Waals surface area (Å²) in [4.78, 5) is 28.2. The first-order valence-electron chi connectivity index (χ1n) is 8.46. The van der Waals surface area contributed by atoms with Crippen molar-refractivity contribution in [3.05, 3.63) is 69.8 Å². The number of carbonyl (C=O) groups is 1. The largest absolute Gasteiger partial charge is 0.336 e. The number of amides is 1. The van der Waals surface area contributed by atoms with Gasteiger partial charge < -0.3 is 4.90 Å². The second kappa shape index (κ2) is 8.33. The fourth-order valence-corrected chi connectivity index (χ4v) is 3.65. The van der Waals surface area contributed by atoms with Crippen LogP contribution in [0.2, 0.25) is 0 Å². The number of nitro groups is 1. The third-order valence-corrected chi connectivity index (χ3v) is 5.32. The summed E-state index contributed by atoms with van der Waals surface area (Å²) < 4.78 is 0. The van der Waals surface area contributed by atoms with E-state index in [1.807, 2.05) is 18.2 Å². The van der Waals surface area contributed by atoms with Gasteiger partial charge in [0.15, 0.2) is 0 Å². The molecule has 1 aliphatic rings. The fraction of sp³-hybridized carbons (Fsp3) is 0.316. The summed E-state index contributed by atoms with van der Waals surface area (Å²) in [5.74, 6) is -0.139. The summed E-state index contributed by atoms with van der Waals surface area (Å²) in [5, 5.41) is 11.2. The minimum Gasteiger partial charge on any atom is -0.336 e. The maximum Gasteiger partial charge on any atom is 0.283 e. The Morgan fingerprint density at radius 2 is 1.81 bits per heavy atom. The Balaban J connectivity index is 1.63. The third-order valence-electron chi connectivity index (χ3n) is 4.53. The molecule has 0 aromatic heterocycles. The van der Waals surface area contributed by atoms with E-state index in [2.05, 4.69) is 17.0 Å². The van der Waals surface area contributed by atoms with E-state index in [1.165, 1.54) is 23.4 Å². The monoisotopic (exact) mass is 371 g/mol. The number of benzene rings is 2. The molecule has 2 aromatic rings. The normalized spacial score (nSPS) is 15.0. The molecule has 1 fully saturated rings. The van der Waals surface area contributed by atoms with Gasteiger partial charge in [0.2, 0.25) is 0 Å². The molecule has 0 unspecified atom stereocenters. The number of rotatable bonds is 5. The van der Waals surface area contributed by atoms with E-state index in [-0.39, 0.29) is 11.6 Å². The van der Waals surface area contributed by atoms with Crippen molar-refractivity contribution in [2.75, 3.05) is 32.4 Å². The highest BCUT2D eigenvalue weighted by molar-refractivity contribution is 7.98. The summed E-state index contributed by atoms with van der Waals surface area (Å²) in [6.07, 6.45) is 1.79. The Bertz CT molecular complexity index is 790. The van der Waals surface area contributed by atoms with Crippen molar-refractivity contribution in [1.82, 2.24) is 9.80 Å². The zero-order valence-corrected chi connectivity index (χ0v) is 15.4. The van der Waals surface area contributed by atoms with Gasteiger partial charge in [0.05, 0.1) is 9.82 Å². The average molecular weight is 371 g/mol. The summed E-state index contributed by atoms with van der Waals surface area (Å²) >= 11 is 1.31. The minimum absolute atomic E-state index is 0.00827. The highest BCUT2D eigenvalue weighted by atomic mass is 32.2. The van der Waals surface area contributed by atoms with Crippen molar-refractivity contribution in [2.45, 2.75) is 11.4 Å². The van der Waals surface area contributed by atoms with Gasteiger partial charge in [-0.3, -0.25) is 19.8 Å². The van der Waals surface area contributed by atoms with Gasteiger partial charge in [0, 0.05) is 44.4 Å². The van der Waals surface area contributed by atoms with E-state index < -0.39 is 4.92 Å². The molecule has 0 aliphatic carbocycles. The zero-order valence-electron chi connectivity index (χ0n) is 14.6. The Morgan fingerprint density at radius 3 is 2.42 bits per heavy atom. The van der Waals surface area contributed by atoms with Crippen molar-refractivity contribution in [3.8, 4) is 0 Å². The van der Waals surface area contributed by atoms with Gasteiger partial charge in [0.1, 0.15) is 0 Å². The molecule has 1 aliphatic heterocycles. The smallest absolute Gasteiger partial charge is 0.283 e. The van der Waals surface area contributed by atoms with Crippen molar-refractivity contribution in [1.29, 1.82) is 0 Å². The molecule has 7 heteroatoms. The van der Waals surface area contributed by atoms with Gasteiger partial charge >= 0.3 is 0 Å². The second-order valence-electron chi connectivity index (χ2n) is 6.20. The zero-order chi connectivity index (χ0) is 18.5. The van der Waals surface area contributed by atoms with E-state index in [0.717, 1.165) is 19.6 Å². The molecule has 1 amide bonds. The second-order valence-corrected chi connectivity index (χ2v) is 7.05. The minimum atomic E-state index is -0.430. The molecule has 136 valence electrons. The van der Waals surface area contributed by atoms with Crippen LogP contribution in [0.15, 0.2) is 53.4 Å². The van der Waals surface area contributed by atoms with E-state index >= 15 is 0 Å². The SMILES string of the molecule is CSc1ccc(C(=O)N2CCN(Cc3ccccc3)CC2)cc1[N+](=O)[O-]. The fourth-order valence-electron chi connectivity index (χ4n) is 3.10. The van der Waals surface area contributed by atoms with E-state index in [9.17, 15) is 14.9 Å². The standard InChI is InChI=1S/C19H21N3O3S/c1-26-18-8-7-16(13-17(18)22(24)25)19(23)21-11-9-20(10-12-21)14-15-5-3-2-4-6-15/h2-8,13H,9-12,14H2,1H3. The summed E-state index contributed by atoms with van der Waals surface area (Å²) in [7, 11) is 0. The molecule has 0 radical (unpaired) electrons. The number of carbonyl (C=O) groups excluding carboxylic acids is 1. The van der Waals surface area contributed by atoms with Crippen LogP contribution < -0.4 is 0 Å². The molecule has 1 heterocycles. The van der Waals surface area contributed by atoms with E-state index in [1.54, 1.807) is 23.3 Å². The molecule has 0 atom stereocenters. The van der Waals surface area contributed by atoms with Crippen LogP contribution in [-0.4, -0.2) is 53.1 Å². The highest BCUT2D eigenvalue weighted by Crippen LogP contribution is 2.28. The Morgan fingerprint density at radius 1 is 1.12 bits per heavy atom. The molecule has 26 heavy (non-hydrogen) atoms. The van der Waals surface area contributed by atoms with Crippen molar-refractivity contribution in [3.63, 3.8) is 0 Å². The van der Waals surface area contributed by atoms with Crippen LogP contribution in [0.3, 0.4) is 0 Å². The molecular weight excluding hydrogens is 350 g/mol. The predicted octanol–water partition coefficient (Wildman–Crippen LogP) is 3.27. The van der Waals surface area contributed by atoms with Crippen molar-refractivity contribution < 1.29 is 9.72 Å². The Hall–Kier alpha value is -2.38. The summed E-state index contributed by atoms with van der Waals surface area (Å²) in [6.45, 7) is 3.72. The number of thioether (sulfide) groups is 1. The molecule has 6 nitrogen and oxygen atoms in total. The molecule has 0 bridgehead atoms. The Labute approximate surface area is 156 Å². The van der Waals surface area contributed by atoms with E-state index in [0.29, 0.717) is 23.5 Å². The van der Waals surface area contributed by atoms with Crippen LogP contribution >= 0.6 is 11.8 Å². The van der Waals surface area contributed by atoms with Gasteiger partial charge in [-0.2, -0.15) is 0 Å². The molecular formula is C19H21N3O3S. The van der Waals surface area contributed by atoms with Crippen LogP contribution in [0, 0.1) is 10.1 Å². The molecule has 0 spiro atoms. The molecule has 0 N–H and O–H groups in total. The van der Waals surface area contributed by atoms with Crippen molar-refractivity contribution >= 4 is 23.4 Å². The van der Waals surface area contributed by atoms with Crippen LogP contribution in [0.25, 0.3) is 0 Å². The number of hydrogen-bond donors (Lipinski definition) is 0. The molecule has 0 saturated carbocycles. The topological polar surface area (TPSA) is 66.7 Å². The lowest BCUT2D eigenvalue weighted by Gasteiger charge is -2.34. The van der Waals surface area contributed by atoms with E-state index in [4.69, 9.17) is 0 Å². The van der Waals surface area contributed by atoms with Gasteiger partial charge in [0.25, 0.3) is 11.6 Å². The lowest BCUT2D eigenvalue weighted by Crippen LogP contribution is -2.48. The number of nitro benzene ring substituents is 1. The summed E-state index contributed by atoms with van der Waals surface area (Å²) in [5.41, 5.74) is 1.63. The molecule has 3 rings (SSSR count). The lowest BCUT2D eigenvalue weighted by atomic mass is 10.1. The predicted molar refractivity (Wildman–Crippen MR) is 102 cm³/mol. The molecule has 1 saturated heterocycles. The van der Waals surface area contributed by atoms with Gasteiger partial charge in [-0.1, -0.05) is 30.3 Å². The number of hydrogen-bond acceptors (Lipinski definition) is 5. The van der Waals surface area contributed by atoms with Gasteiger partial charge in [-0.05, 0) is 24.0 Å². The Kier molecular flexibility index (Phi) is 5.90. The first kappa shape index (κ1) is 18.4. The van der Waals surface area contributed by atoms with Crippen LogP contribution in [0.5, 0.6) is 0 Å². The van der Waals surface area contributed by atoms with Crippen LogP contribution in [-0.2, 0) is 6.54 Å². The maximum atomic E-state index is 12.7. The third kappa shape index (κ3) is 4.23. The maximum absolute atomic E-state index is 12.7. The van der Waals surface area contributed by atoms with Crippen molar-refractivity contribution in [2.24, 2.45) is 0 Å². The number of nitrogens with zero attached hydrogens (tertiary/aromatic N) is 3. The first-order chi connectivity index (χ1) is 12.6. The first-order valence-corrected chi connectivity index (χ1v) is 9.69. The quantitative estimate of drug-likeness (QED) is 0.458. The van der Waals surface area contributed by atoms with Crippen LogP contribution in [0.1, 0.15) is 15.9 Å². The summed E-state index contributed by atoms with van der Waals surface area (Å²) in [6, 6.07) is 15.0. The highest BCUT2D eigenvalue weighted by Gasteiger charge is 2.24. The average Bonchev–Trinajstić information content (AvgIpc) is 2.68. The van der Waals surface area contributed by atoms with Crippen LogP contribution in [0.4, 0.5) is 5.69 Å². The lowest BCUT2D eigenvalue weighted by molar-refractivity contribution is -0.387. The van der Waals surface area contributed by atoms with Gasteiger partial charge in [-0.25, -0.2) is 0 Å². The molecule has 2 aromatic carbocycles. The number of piperazine rings is 1.